The second-order valence-electron chi connectivity index (χ2n) is 11.5. The van der Waals surface area contributed by atoms with Gasteiger partial charge in [-0.05, 0) is 41.4 Å². The molecule has 9 nitrogen and oxygen atoms in total. The summed E-state index contributed by atoms with van der Waals surface area (Å²) in [6.07, 6.45) is 0.0624. The van der Waals surface area contributed by atoms with E-state index in [4.69, 9.17) is 14.2 Å². The molecule has 5 rings (SSSR count). The van der Waals surface area contributed by atoms with Crippen molar-refractivity contribution in [2.24, 2.45) is 0 Å². The number of nitrogens with zero attached hydrogens (tertiary/aromatic N) is 1. The highest BCUT2D eigenvalue weighted by Gasteiger charge is 2.33. The zero-order valence-corrected chi connectivity index (χ0v) is 26.2. The highest BCUT2D eigenvalue weighted by Crippen LogP contribution is 2.38. The molecule has 9 heteroatoms. The van der Waals surface area contributed by atoms with Crippen molar-refractivity contribution in [1.29, 1.82) is 0 Å². The van der Waals surface area contributed by atoms with Gasteiger partial charge in [0.1, 0.15) is 6.04 Å². The molecule has 0 saturated carbocycles. The van der Waals surface area contributed by atoms with Crippen LogP contribution in [0.3, 0.4) is 0 Å². The van der Waals surface area contributed by atoms with Crippen LogP contribution in [-0.2, 0) is 38.6 Å². The maximum Gasteiger partial charge on any atom is 0.328 e. The molecular formula is C37H41N3O6. The largest absolute Gasteiger partial charge is 0.467 e. The number of carbonyl (C=O) groups excluding carboxylic acids is 2. The Hall–Kier alpha value is -4.54. The van der Waals surface area contributed by atoms with Crippen molar-refractivity contribution < 1.29 is 28.9 Å². The molecule has 1 aliphatic rings. The van der Waals surface area contributed by atoms with Crippen LogP contribution in [-0.4, -0.2) is 54.9 Å². The number of methoxy groups -OCH3 is 1. The number of anilines is 1. The number of hydrogen-bond acceptors (Lipinski definition) is 7. The summed E-state index contributed by atoms with van der Waals surface area (Å²) in [6, 6.07) is 33.5. The Kier molecular flexibility index (Phi) is 11.5. The van der Waals surface area contributed by atoms with Crippen molar-refractivity contribution in [1.82, 2.24) is 10.2 Å². The zero-order chi connectivity index (χ0) is 32.3. The van der Waals surface area contributed by atoms with Gasteiger partial charge in [-0.15, -0.1) is 0 Å². The molecule has 1 aliphatic heterocycles. The van der Waals surface area contributed by atoms with E-state index in [9.17, 15) is 14.7 Å². The Bertz CT molecular complexity index is 1530. The van der Waals surface area contributed by atoms with Crippen LogP contribution in [0.25, 0.3) is 0 Å². The smallest absolute Gasteiger partial charge is 0.328 e. The predicted molar refractivity (Wildman–Crippen MR) is 176 cm³/mol. The summed E-state index contributed by atoms with van der Waals surface area (Å²) in [5.41, 5.74) is 5.37. The average molecular weight is 624 g/mol. The van der Waals surface area contributed by atoms with Gasteiger partial charge in [-0.1, -0.05) is 97.1 Å². The maximum absolute atomic E-state index is 12.8. The molecule has 3 N–H and O–H groups in total. The summed E-state index contributed by atoms with van der Waals surface area (Å²) in [4.78, 5) is 27.5. The lowest BCUT2D eigenvalue weighted by molar-refractivity contribution is -0.252. The van der Waals surface area contributed by atoms with Crippen LogP contribution in [0, 0.1) is 0 Å². The number of carbonyl (C=O) groups is 2. The van der Waals surface area contributed by atoms with E-state index in [1.807, 2.05) is 84.9 Å². The predicted octanol–water partition coefficient (Wildman–Crippen LogP) is 5.76. The van der Waals surface area contributed by atoms with Gasteiger partial charge in [0.05, 0.1) is 25.9 Å². The van der Waals surface area contributed by atoms with Gasteiger partial charge in [-0.2, -0.15) is 0 Å². The highest BCUT2D eigenvalue weighted by atomic mass is 16.7. The average Bonchev–Trinajstić information content (AvgIpc) is 3.08. The summed E-state index contributed by atoms with van der Waals surface area (Å²) >= 11 is 0. The first-order valence-electron chi connectivity index (χ1n) is 15.4. The minimum Gasteiger partial charge on any atom is -0.467 e. The summed E-state index contributed by atoms with van der Waals surface area (Å²) in [5, 5.41) is 15.0. The van der Waals surface area contributed by atoms with E-state index in [0.29, 0.717) is 25.1 Å². The van der Waals surface area contributed by atoms with Crippen LogP contribution in [0.15, 0.2) is 109 Å². The lowest BCUT2D eigenvalue weighted by Gasteiger charge is -2.38. The topological polar surface area (TPSA) is 109 Å². The molecular weight excluding hydrogens is 582 g/mol. The van der Waals surface area contributed by atoms with Gasteiger partial charge < -0.3 is 30.0 Å². The number of aliphatic hydroxyl groups excluding tert-OH is 1. The monoisotopic (exact) mass is 623 g/mol. The van der Waals surface area contributed by atoms with E-state index in [0.717, 1.165) is 28.8 Å². The molecule has 0 spiro atoms. The van der Waals surface area contributed by atoms with E-state index in [-0.39, 0.29) is 18.8 Å². The third-order valence-corrected chi connectivity index (χ3v) is 7.94. The van der Waals surface area contributed by atoms with Gasteiger partial charge in [-0.25, -0.2) is 9.59 Å². The molecule has 4 aromatic rings. The fraction of sp³-hybridized carbons (Fsp3) is 0.297. The Morgan fingerprint density at radius 2 is 1.48 bits per heavy atom. The molecule has 0 radical (unpaired) electrons. The molecule has 2 amide bonds. The fourth-order valence-electron chi connectivity index (χ4n) is 5.57. The third kappa shape index (κ3) is 9.24. The molecule has 4 aromatic carbocycles. The fourth-order valence-corrected chi connectivity index (χ4v) is 5.57. The molecule has 4 atom stereocenters. The molecule has 0 aliphatic carbocycles. The van der Waals surface area contributed by atoms with Crippen molar-refractivity contribution in [2.75, 3.05) is 26.0 Å². The minimum absolute atomic E-state index is 0.0147. The SMILES string of the molecule is COC(=O)C(Cc1ccccc1)NC(=O)Nc1ccc(C2OC(CN(C)Cc3ccccc3)CC(c3ccc(CO)cc3)O2)cc1. The van der Waals surface area contributed by atoms with Gasteiger partial charge in [0.2, 0.25) is 0 Å². The van der Waals surface area contributed by atoms with Crippen molar-refractivity contribution in [3.63, 3.8) is 0 Å². The normalized spacial score (nSPS) is 18.5. The number of urea groups is 1. The van der Waals surface area contributed by atoms with Gasteiger partial charge >= 0.3 is 12.0 Å². The number of amides is 2. The van der Waals surface area contributed by atoms with Crippen molar-refractivity contribution in [3.05, 3.63) is 137 Å². The molecule has 4 unspecified atom stereocenters. The van der Waals surface area contributed by atoms with E-state index >= 15 is 0 Å². The van der Waals surface area contributed by atoms with Crippen LogP contribution in [0.4, 0.5) is 10.5 Å². The minimum atomic E-state index is -0.837. The Balaban J connectivity index is 1.25. The first-order valence-corrected chi connectivity index (χ1v) is 15.4. The molecule has 240 valence electrons. The highest BCUT2D eigenvalue weighted by molar-refractivity contribution is 5.92. The summed E-state index contributed by atoms with van der Waals surface area (Å²) in [5.74, 6) is -0.523. The van der Waals surface area contributed by atoms with E-state index in [1.165, 1.54) is 12.7 Å². The molecule has 1 fully saturated rings. The number of nitrogens with one attached hydrogen (secondary N) is 2. The second kappa shape index (κ2) is 16.1. The second-order valence-corrected chi connectivity index (χ2v) is 11.5. The van der Waals surface area contributed by atoms with Crippen LogP contribution in [0.2, 0.25) is 0 Å². The first kappa shape index (κ1) is 32.8. The standard InChI is InChI=1S/C37H41N3O6/c1-40(23-27-11-7-4-8-12-27)24-32-22-34(29-15-13-28(25-41)14-16-29)46-36(45-32)30-17-19-31(20-18-30)38-37(43)39-33(35(42)44-2)21-26-9-5-3-6-10-26/h3-20,32-34,36,41H,21-25H2,1-2H3,(H2,38,39,43). The lowest BCUT2D eigenvalue weighted by atomic mass is 9.99. The van der Waals surface area contributed by atoms with Crippen molar-refractivity contribution in [2.45, 2.75) is 50.5 Å². The van der Waals surface area contributed by atoms with Gasteiger partial charge in [0.25, 0.3) is 0 Å². The third-order valence-electron chi connectivity index (χ3n) is 7.94. The quantitative estimate of drug-likeness (QED) is 0.172. The van der Waals surface area contributed by atoms with Crippen LogP contribution < -0.4 is 10.6 Å². The molecule has 0 aromatic heterocycles. The summed E-state index contributed by atoms with van der Waals surface area (Å²) in [6.45, 7) is 1.50. The Morgan fingerprint density at radius 1 is 0.848 bits per heavy atom. The van der Waals surface area contributed by atoms with Crippen LogP contribution in [0.5, 0.6) is 0 Å². The van der Waals surface area contributed by atoms with Crippen LogP contribution in [0.1, 0.15) is 46.6 Å². The summed E-state index contributed by atoms with van der Waals surface area (Å²) in [7, 11) is 3.39. The van der Waals surface area contributed by atoms with Gasteiger partial charge in [-0.3, -0.25) is 4.90 Å². The van der Waals surface area contributed by atoms with Crippen molar-refractivity contribution in [3.8, 4) is 0 Å². The van der Waals surface area contributed by atoms with Crippen molar-refractivity contribution >= 4 is 17.7 Å². The number of benzene rings is 4. The van der Waals surface area contributed by atoms with Gasteiger partial charge in [0.15, 0.2) is 6.29 Å². The zero-order valence-electron chi connectivity index (χ0n) is 26.2. The van der Waals surface area contributed by atoms with E-state index < -0.39 is 24.3 Å². The van der Waals surface area contributed by atoms with E-state index in [2.05, 4.69) is 34.7 Å². The first-order chi connectivity index (χ1) is 22.4. The number of rotatable bonds is 12. The maximum atomic E-state index is 12.8. The van der Waals surface area contributed by atoms with E-state index in [1.54, 1.807) is 12.1 Å². The number of hydrogen-bond donors (Lipinski definition) is 3. The number of esters is 1. The number of likely N-dealkylation sites (N-methyl/N-ethyl adjacent to an activating group) is 1. The number of aliphatic hydroxyl groups is 1. The molecule has 0 bridgehead atoms. The lowest BCUT2D eigenvalue weighted by Crippen LogP contribution is -2.45. The molecule has 1 heterocycles. The molecule has 46 heavy (non-hydrogen) atoms. The van der Waals surface area contributed by atoms with Crippen LogP contribution >= 0.6 is 0 Å². The number of ether oxygens (including phenoxy) is 3. The Morgan fingerprint density at radius 3 is 2.11 bits per heavy atom. The summed E-state index contributed by atoms with van der Waals surface area (Å²) < 4.78 is 17.9. The van der Waals surface area contributed by atoms with Gasteiger partial charge in [0, 0.05) is 37.2 Å². The Labute approximate surface area is 270 Å². The molecule has 1 saturated heterocycles.